The van der Waals surface area contributed by atoms with E-state index in [4.69, 9.17) is 10.00 Å². The van der Waals surface area contributed by atoms with E-state index in [1.165, 1.54) is 29.4 Å². The summed E-state index contributed by atoms with van der Waals surface area (Å²) in [7, 11) is 0. The van der Waals surface area contributed by atoms with Gasteiger partial charge in [0, 0.05) is 24.2 Å². The average molecular weight is 448 g/mol. The second kappa shape index (κ2) is 8.67. The quantitative estimate of drug-likeness (QED) is 0.491. The van der Waals surface area contributed by atoms with Crippen LogP contribution in [0.1, 0.15) is 24.6 Å². The molecule has 10 heteroatoms. The van der Waals surface area contributed by atoms with Crippen molar-refractivity contribution < 1.29 is 26.7 Å². The highest BCUT2D eigenvalue weighted by Gasteiger charge is 2.46. The Balaban J connectivity index is 1.63. The Morgan fingerprint density at radius 1 is 1.12 bits per heavy atom. The Labute approximate surface area is 180 Å². The molecule has 3 heterocycles. The lowest BCUT2D eigenvalue weighted by Gasteiger charge is -2.36. The topological polar surface area (TPSA) is 62.0 Å². The van der Waals surface area contributed by atoms with Crippen molar-refractivity contribution in [3.05, 3.63) is 60.1 Å². The highest BCUT2D eigenvalue weighted by atomic mass is 19.4. The van der Waals surface area contributed by atoms with E-state index < -0.39 is 29.8 Å². The number of aromatic nitrogens is 2. The van der Waals surface area contributed by atoms with Crippen LogP contribution in [0.15, 0.2) is 42.7 Å². The van der Waals surface area contributed by atoms with Crippen molar-refractivity contribution in [1.82, 2.24) is 14.9 Å². The van der Waals surface area contributed by atoms with Crippen LogP contribution in [0.4, 0.5) is 22.0 Å². The minimum atomic E-state index is -4.58. The number of alkyl halides is 3. The van der Waals surface area contributed by atoms with Gasteiger partial charge >= 0.3 is 6.18 Å². The second-order valence-corrected chi connectivity index (χ2v) is 7.56. The Kier molecular flexibility index (Phi) is 5.93. The largest absolute Gasteiger partial charge is 0.453 e. The van der Waals surface area contributed by atoms with Crippen LogP contribution in [0, 0.1) is 28.9 Å². The lowest BCUT2D eigenvalue weighted by atomic mass is 9.97. The van der Waals surface area contributed by atoms with Crippen molar-refractivity contribution in [3.8, 4) is 17.6 Å². The highest BCUT2D eigenvalue weighted by Crippen LogP contribution is 2.39. The summed E-state index contributed by atoms with van der Waals surface area (Å²) in [6.07, 6.45) is -1.03. The van der Waals surface area contributed by atoms with Gasteiger partial charge in [0.2, 0.25) is 0 Å². The van der Waals surface area contributed by atoms with Crippen molar-refractivity contribution in [3.63, 3.8) is 0 Å². The summed E-state index contributed by atoms with van der Waals surface area (Å²) in [5, 5.41) is 9.52. The van der Waals surface area contributed by atoms with Crippen molar-refractivity contribution in [2.24, 2.45) is 5.92 Å². The Morgan fingerprint density at radius 2 is 1.94 bits per heavy atom. The summed E-state index contributed by atoms with van der Waals surface area (Å²) in [5.74, 6) is -2.20. The van der Waals surface area contributed by atoms with Crippen LogP contribution < -0.4 is 4.74 Å². The van der Waals surface area contributed by atoms with E-state index in [0.717, 1.165) is 12.1 Å². The first-order valence-corrected chi connectivity index (χ1v) is 9.83. The number of nitrogens with zero attached hydrogens (tertiary/aromatic N) is 4. The molecule has 0 aliphatic carbocycles. The molecule has 1 aromatic carbocycles. The number of benzene rings is 1. The zero-order valence-electron chi connectivity index (χ0n) is 16.6. The molecule has 2 atom stereocenters. The normalized spacial score (nSPS) is 18.3. The molecule has 2 aromatic heterocycles. The molecule has 166 valence electrons. The van der Waals surface area contributed by atoms with Crippen LogP contribution in [0.2, 0.25) is 0 Å². The van der Waals surface area contributed by atoms with Gasteiger partial charge in [0.05, 0.1) is 29.4 Å². The fourth-order valence-electron chi connectivity index (χ4n) is 3.82. The van der Waals surface area contributed by atoms with E-state index >= 15 is 0 Å². The van der Waals surface area contributed by atoms with Crippen molar-refractivity contribution in [2.45, 2.75) is 25.1 Å². The fourth-order valence-corrected chi connectivity index (χ4v) is 3.82. The molecule has 1 saturated heterocycles. The van der Waals surface area contributed by atoms with Gasteiger partial charge in [-0.25, -0.2) is 8.78 Å². The van der Waals surface area contributed by atoms with Gasteiger partial charge in [-0.05, 0) is 43.7 Å². The van der Waals surface area contributed by atoms with Crippen LogP contribution >= 0.6 is 0 Å². The molecule has 3 aromatic rings. The van der Waals surface area contributed by atoms with Crippen LogP contribution in [-0.2, 0) is 0 Å². The maximum absolute atomic E-state index is 13.9. The molecule has 1 aliphatic heterocycles. The van der Waals surface area contributed by atoms with Gasteiger partial charge in [0.25, 0.3) is 0 Å². The third kappa shape index (κ3) is 4.62. The molecule has 0 N–H and O–H groups in total. The minimum Gasteiger partial charge on any atom is -0.453 e. The van der Waals surface area contributed by atoms with E-state index in [9.17, 15) is 22.0 Å². The number of pyridine rings is 2. The molecule has 0 spiro atoms. The van der Waals surface area contributed by atoms with E-state index in [-0.39, 0.29) is 35.8 Å². The number of nitriles is 1. The molecule has 1 fully saturated rings. The molecule has 0 bridgehead atoms. The Hall–Kier alpha value is -3.32. The van der Waals surface area contributed by atoms with Gasteiger partial charge in [-0.2, -0.15) is 18.4 Å². The number of hydrogen-bond donors (Lipinski definition) is 0. The van der Waals surface area contributed by atoms with E-state index in [1.54, 1.807) is 0 Å². The predicted molar refractivity (Wildman–Crippen MR) is 105 cm³/mol. The van der Waals surface area contributed by atoms with Gasteiger partial charge in [-0.15, -0.1) is 0 Å². The monoisotopic (exact) mass is 448 g/mol. The van der Waals surface area contributed by atoms with Gasteiger partial charge in [-0.1, -0.05) is 0 Å². The lowest BCUT2D eigenvalue weighted by molar-refractivity contribution is -0.191. The number of fused-ring (bicyclic) bond motifs is 1. The van der Waals surface area contributed by atoms with Crippen LogP contribution in [0.25, 0.3) is 10.9 Å². The molecule has 2 unspecified atom stereocenters. The molecule has 1 aliphatic rings. The van der Waals surface area contributed by atoms with Gasteiger partial charge < -0.3 is 4.74 Å². The van der Waals surface area contributed by atoms with Crippen LogP contribution in [-0.4, -0.2) is 34.1 Å². The number of likely N-dealkylation sites (tertiary alicyclic amines) is 1. The summed E-state index contributed by atoms with van der Waals surface area (Å²) < 4.78 is 74.0. The molecular weight excluding hydrogens is 431 g/mol. The van der Waals surface area contributed by atoms with Crippen molar-refractivity contribution in [2.75, 3.05) is 13.1 Å². The minimum absolute atomic E-state index is 0.0177. The number of ether oxygens (including phenoxy) is 1. The maximum Gasteiger partial charge on any atom is 0.409 e. The first-order valence-electron chi connectivity index (χ1n) is 9.83. The van der Waals surface area contributed by atoms with Gasteiger partial charge in [-0.3, -0.25) is 14.9 Å². The fraction of sp³-hybridized carbons (Fsp3) is 0.318. The molecule has 0 amide bonds. The first kappa shape index (κ1) is 21.9. The summed E-state index contributed by atoms with van der Waals surface area (Å²) in [6.45, 7) is 0.231. The predicted octanol–water partition coefficient (Wildman–Crippen LogP) is 5.54. The molecule has 5 nitrogen and oxygen atoms in total. The summed E-state index contributed by atoms with van der Waals surface area (Å²) in [5.41, 5.74) is 0.0411. The standard InChI is InChI=1S/C22H17F5N4O/c23-15-3-4-20(17(24)7-15)32-16-6-14-10-29-19(8-18(14)30-11-16)21(22(25,26)27)31-5-1-2-13(9-28)12-31/h3-4,6-8,10-11,13,21H,1-2,5,12H2. The molecular formula is C22H17F5N4O. The van der Waals surface area contributed by atoms with E-state index in [0.29, 0.717) is 24.3 Å². The molecule has 0 radical (unpaired) electrons. The third-order valence-electron chi connectivity index (χ3n) is 5.27. The average Bonchev–Trinajstić information content (AvgIpc) is 2.75. The Morgan fingerprint density at radius 3 is 2.66 bits per heavy atom. The smallest absolute Gasteiger partial charge is 0.409 e. The maximum atomic E-state index is 13.9. The van der Waals surface area contributed by atoms with E-state index in [1.807, 2.05) is 0 Å². The first-order chi connectivity index (χ1) is 15.2. The molecule has 32 heavy (non-hydrogen) atoms. The third-order valence-corrected chi connectivity index (χ3v) is 5.27. The zero-order chi connectivity index (χ0) is 22.9. The SMILES string of the molecule is N#CC1CCCN(C(c2cc3ncc(Oc4ccc(F)cc4F)cc3cn2)C(F)(F)F)C1. The summed E-state index contributed by atoms with van der Waals surface area (Å²) >= 11 is 0. The number of rotatable bonds is 4. The van der Waals surface area contributed by atoms with Crippen LogP contribution in [0.3, 0.4) is 0 Å². The second-order valence-electron chi connectivity index (χ2n) is 7.56. The van der Waals surface area contributed by atoms with Gasteiger partial charge in [0.1, 0.15) is 17.6 Å². The van der Waals surface area contributed by atoms with Crippen LogP contribution in [0.5, 0.6) is 11.5 Å². The Bertz CT molecular complexity index is 1180. The molecule has 0 saturated carbocycles. The number of piperidine rings is 1. The summed E-state index contributed by atoms with van der Waals surface area (Å²) in [4.78, 5) is 9.38. The number of halogens is 5. The lowest BCUT2D eigenvalue weighted by Crippen LogP contribution is -2.44. The van der Waals surface area contributed by atoms with Crippen molar-refractivity contribution in [1.29, 1.82) is 5.26 Å². The summed E-state index contributed by atoms with van der Waals surface area (Å²) in [6, 6.07) is 5.64. The zero-order valence-corrected chi connectivity index (χ0v) is 16.6. The number of hydrogen-bond acceptors (Lipinski definition) is 5. The van der Waals surface area contributed by atoms with E-state index in [2.05, 4.69) is 16.0 Å². The highest BCUT2D eigenvalue weighted by molar-refractivity contribution is 5.79. The van der Waals surface area contributed by atoms with Crippen molar-refractivity contribution >= 4 is 10.9 Å². The molecule has 4 rings (SSSR count). The van der Waals surface area contributed by atoms with Gasteiger partial charge in [0.15, 0.2) is 11.6 Å².